The molecule has 10 nitrogen and oxygen atoms in total. The van der Waals surface area contributed by atoms with Gasteiger partial charge in [0.15, 0.2) is 0 Å². The maximum atomic E-state index is 13.8. The molecule has 15 heteroatoms. The lowest BCUT2D eigenvalue weighted by Gasteiger charge is -2.38. The number of nitrogens with zero attached hydrogens (tertiary/aromatic N) is 2. The van der Waals surface area contributed by atoms with Crippen LogP contribution in [0.2, 0.25) is 0 Å². The Bertz CT molecular complexity index is 1030. The van der Waals surface area contributed by atoms with Crippen LogP contribution in [0.4, 0.5) is 17.6 Å². The standard InChI is InChI=1S/C24H34ClF4N5O5/c1-22(2,3)15(31-21(39)24(27,28)29)19(37)33-10-12-13(23(12,4)5)14(33)18(36)32-34(20(38)16(25)26)9-11-7-6-8-30-17(11)35/h11-16H,6-10H2,1-5H3,(H,30,35)(H,31,39)(H,32,36)/t11-,12-,13-,14-,15+,16-/m0/s1. The summed E-state index contributed by atoms with van der Waals surface area (Å²) in [5, 5.41) is 5.00. The largest absolute Gasteiger partial charge is 0.471 e. The molecule has 0 bridgehead atoms. The monoisotopic (exact) mass is 583 g/mol. The van der Waals surface area contributed by atoms with Gasteiger partial charge in [-0.05, 0) is 35.5 Å². The SMILES string of the molecule is CC(C)(C)[C@H](NC(=O)C(F)(F)F)C(=O)N1C[C@H]2[C@@H]([C@H]1C(=O)NN(C[C@@H]1CCCNC1=O)C(=O)[C@H](F)Cl)C2(C)C. The molecular formula is C24H34ClF4N5O5. The molecule has 39 heavy (non-hydrogen) atoms. The molecule has 0 unspecified atom stereocenters. The van der Waals surface area contributed by atoms with Crippen molar-refractivity contribution in [3.63, 3.8) is 0 Å². The number of carbonyl (C=O) groups excluding carboxylic acids is 5. The van der Waals surface area contributed by atoms with Crippen LogP contribution in [0.5, 0.6) is 0 Å². The molecule has 0 aromatic heterocycles. The van der Waals surface area contributed by atoms with Crippen molar-refractivity contribution in [3.05, 3.63) is 0 Å². The number of rotatable bonds is 6. The van der Waals surface area contributed by atoms with Crippen molar-refractivity contribution in [3.8, 4) is 0 Å². The number of halogens is 5. The van der Waals surface area contributed by atoms with Gasteiger partial charge in [-0.3, -0.25) is 29.4 Å². The van der Waals surface area contributed by atoms with Gasteiger partial charge in [0.05, 0.1) is 12.5 Å². The number of alkyl halides is 5. The van der Waals surface area contributed by atoms with Crippen molar-refractivity contribution in [2.45, 2.75) is 71.4 Å². The van der Waals surface area contributed by atoms with E-state index in [1.807, 2.05) is 13.8 Å². The van der Waals surface area contributed by atoms with Crippen molar-refractivity contribution in [1.82, 2.24) is 26.0 Å². The van der Waals surface area contributed by atoms with Crippen molar-refractivity contribution < 1.29 is 41.5 Å². The van der Waals surface area contributed by atoms with Crippen LogP contribution in [0.1, 0.15) is 47.5 Å². The Hall–Kier alpha value is -2.64. The Kier molecular flexibility index (Phi) is 8.50. The summed E-state index contributed by atoms with van der Waals surface area (Å²) in [7, 11) is 0. The third kappa shape index (κ3) is 6.41. The zero-order chi connectivity index (χ0) is 29.7. The number of hydrazine groups is 1. The number of amides is 5. The van der Waals surface area contributed by atoms with Gasteiger partial charge in [-0.15, -0.1) is 0 Å². The smallest absolute Gasteiger partial charge is 0.356 e. The normalized spacial score (nSPS) is 27.5. The second-order valence-corrected chi connectivity index (χ2v) is 12.4. The lowest BCUT2D eigenvalue weighted by molar-refractivity contribution is -0.176. The molecule has 0 aromatic rings. The average Bonchev–Trinajstić information content (AvgIpc) is 3.14. The summed E-state index contributed by atoms with van der Waals surface area (Å²) in [6.07, 6.45) is -4.25. The quantitative estimate of drug-likeness (QED) is 0.248. The second kappa shape index (κ2) is 10.7. The van der Waals surface area contributed by atoms with Crippen LogP contribution in [0.3, 0.4) is 0 Å². The maximum Gasteiger partial charge on any atom is 0.471 e. The first-order valence-electron chi connectivity index (χ1n) is 12.6. The number of likely N-dealkylation sites (tertiary alicyclic amines) is 1. The third-order valence-corrected chi connectivity index (χ3v) is 8.09. The van der Waals surface area contributed by atoms with E-state index in [1.54, 1.807) is 5.32 Å². The predicted octanol–water partition coefficient (Wildman–Crippen LogP) is 1.48. The Morgan fingerprint density at radius 1 is 1.21 bits per heavy atom. The fraction of sp³-hybridized carbons (Fsp3) is 0.792. The first-order valence-corrected chi connectivity index (χ1v) is 13.1. The van der Waals surface area contributed by atoms with Gasteiger partial charge < -0.3 is 15.5 Å². The number of nitrogens with one attached hydrogen (secondary N) is 3. The van der Waals surface area contributed by atoms with Gasteiger partial charge in [-0.1, -0.05) is 46.2 Å². The van der Waals surface area contributed by atoms with E-state index in [2.05, 4.69) is 10.7 Å². The van der Waals surface area contributed by atoms with Gasteiger partial charge in [-0.2, -0.15) is 13.2 Å². The molecule has 0 aromatic carbocycles. The molecule has 3 N–H and O–H groups in total. The Morgan fingerprint density at radius 2 is 1.82 bits per heavy atom. The highest BCUT2D eigenvalue weighted by molar-refractivity contribution is 6.29. The van der Waals surface area contributed by atoms with Crippen LogP contribution in [-0.4, -0.2) is 83.0 Å². The number of carbonyl (C=O) groups is 5. The Morgan fingerprint density at radius 3 is 2.33 bits per heavy atom. The average molecular weight is 584 g/mol. The molecule has 2 saturated heterocycles. The summed E-state index contributed by atoms with van der Waals surface area (Å²) in [5.41, 5.74) is -1.77. The number of hydrogen-bond acceptors (Lipinski definition) is 5. The zero-order valence-electron chi connectivity index (χ0n) is 22.3. The van der Waals surface area contributed by atoms with Crippen LogP contribution < -0.4 is 16.1 Å². The number of fused-ring (bicyclic) bond motifs is 1. The molecule has 5 amide bonds. The van der Waals surface area contributed by atoms with E-state index < -0.39 is 70.2 Å². The molecule has 3 aliphatic rings. The topological polar surface area (TPSA) is 128 Å². The Labute approximate surface area is 228 Å². The summed E-state index contributed by atoms with van der Waals surface area (Å²) in [5.74, 6) is -7.08. The van der Waals surface area contributed by atoms with E-state index in [0.29, 0.717) is 24.4 Å². The van der Waals surface area contributed by atoms with Gasteiger partial charge in [0.25, 0.3) is 17.4 Å². The van der Waals surface area contributed by atoms with Crippen molar-refractivity contribution >= 4 is 41.1 Å². The molecule has 0 radical (unpaired) electrons. The third-order valence-electron chi connectivity index (χ3n) is 7.91. The minimum absolute atomic E-state index is 0.0310. The minimum atomic E-state index is -5.23. The van der Waals surface area contributed by atoms with E-state index in [4.69, 9.17) is 11.6 Å². The molecule has 2 heterocycles. The van der Waals surface area contributed by atoms with Gasteiger partial charge >= 0.3 is 12.1 Å². The molecule has 1 aliphatic carbocycles. The highest BCUT2D eigenvalue weighted by Gasteiger charge is 2.70. The van der Waals surface area contributed by atoms with Crippen molar-refractivity contribution in [1.29, 1.82) is 0 Å². The van der Waals surface area contributed by atoms with Crippen LogP contribution in [0.25, 0.3) is 0 Å². The summed E-state index contributed by atoms with van der Waals surface area (Å²) in [6.45, 7) is 8.25. The molecule has 3 rings (SSSR count). The molecule has 2 aliphatic heterocycles. The van der Waals surface area contributed by atoms with Crippen LogP contribution >= 0.6 is 11.6 Å². The Balaban J connectivity index is 1.87. The van der Waals surface area contributed by atoms with Crippen LogP contribution in [0.15, 0.2) is 0 Å². The maximum absolute atomic E-state index is 13.8. The zero-order valence-corrected chi connectivity index (χ0v) is 23.1. The lowest BCUT2D eigenvalue weighted by atomic mass is 9.85. The summed E-state index contributed by atoms with van der Waals surface area (Å²) in [6, 6.07) is -2.85. The molecule has 0 spiro atoms. The predicted molar refractivity (Wildman–Crippen MR) is 130 cm³/mol. The van der Waals surface area contributed by atoms with Crippen LogP contribution in [-0.2, 0) is 24.0 Å². The first kappa shape index (κ1) is 30.9. The van der Waals surface area contributed by atoms with Crippen molar-refractivity contribution in [2.24, 2.45) is 28.6 Å². The summed E-state index contributed by atoms with van der Waals surface area (Å²) >= 11 is 5.35. The molecule has 3 fully saturated rings. The summed E-state index contributed by atoms with van der Waals surface area (Å²) < 4.78 is 52.8. The van der Waals surface area contributed by atoms with E-state index in [9.17, 15) is 41.5 Å². The van der Waals surface area contributed by atoms with Crippen molar-refractivity contribution in [2.75, 3.05) is 19.6 Å². The van der Waals surface area contributed by atoms with Gasteiger partial charge in [-0.25, -0.2) is 9.40 Å². The highest BCUT2D eigenvalue weighted by atomic mass is 35.5. The van der Waals surface area contributed by atoms with Gasteiger partial charge in [0.2, 0.25) is 11.8 Å². The van der Waals surface area contributed by atoms with E-state index in [-0.39, 0.29) is 24.9 Å². The molecular weight excluding hydrogens is 550 g/mol. The number of hydrogen-bond donors (Lipinski definition) is 3. The first-order chi connectivity index (χ1) is 17.8. The van der Waals surface area contributed by atoms with Gasteiger partial charge in [0.1, 0.15) is 12.1 Å². The fourth-order valence-electron chi connectivity index (χ4n) is 5.58. The molecule has 220 valence electrons. The number of piperidine rings is 2. The van der Waals surface area contributed by atoms with E-state index in [0.717, 1.165) is 4.90 Å². The van der Waals surface area contributed by atoms with E-state index in [1.165, 1.54) is 20.8 Å². The lowest BCUT2D eigenvalue weighted by Crippen LogP contribution is -2.62. The fourth-order valence-corrected chi connectivity index (χ4v) is 5.70. The highest BCUT2D eigenvalue weighted by Crippen LogP contribution is 2.65. The molecule has 1 saturated carbocycles. The second-order valence-electron chi connectivity index (χ2n) is 12.0. The van der Waals surface area contributed by atoms with Gasteiger partial charge in [0, 0.05) is 13.1 Å². The summed E-state index contributed by atoms with van der Waals surface area (Å²) in [4.78, 5) is 64.7. The van der Waals surface area contributed by atoms with Crippen LogP contribution in [0, 0.1) is 28.6 Å². The van der Waals surface area contributed by atoms with E-state index >= 15 is 0 Å². The molecule has 6 atom stereocenters. The minimum Gasteiger partial charge on any atom is -0.356 e.